The van der Waals surface area contributed by atoms with Crippen LogP contribution in [0.25, 0.3) is 22.3 Å². The number of Topliss-reactive ketones (excluding diaryl/α,β-unsaturated/α-hetero) is 1. The highest BCUT2D eigenvalue weighted by molar-refractivity contribution is 6.03. The summed E-state index contributed by atoms with van der Waals surface area (Å²) >= 11 is 0. The van der Waals surface area contributed by atoms with E-state index in [1.165, 1.54) is 36.4 Å². The Bertz CT molecular complexity index is 2550. The quantitative estimate of drug-likeness (QED) is 0.0526. The van der Waals surface area contributed by atoms with Crippen LogP contribution in [0, 0.1) is 5.92 Å². The monoisotopic (exact) mass is 760 g/mol. The van der Waals surface area contributed by atoms with Crippen LogP contribution in [0.2, 0.25) is 0 Å². The lowest BCUT2D eigenvalue weighted by atomic mass is 9.65. The minimum Gasteiger partial charge on any atom is -0.508 e. The molecule has 290 valence electrons. The average molecular weight is 761 g/mol. The van der Waals surface area contributed by atoms with Crippen LogP contribution in [0.3, 0.4) is 0 Å². The lowest BCUT2D eigenvalue weighted by molar-refractivity contribution is 0.0877. The first-order valence-electron chi connectivity index (χ1n) is 18.1. The van der Waals surface area contributed by atoms with Gasteiger partial charge in [0.25, 0.3) is 0 Å². The highest BCUT2D eigenvalue weighted by atomic mass is 16.3. The van der Waals surface area contributed by atoms with Gasteiger partial charge in [-0.3, -0.25) is 9.59 Å². The molecular formula is C45H44O11. The summed E-state index contributed by atoms with van der Waals surface area (Å²) in [5.41, 5.74) is 1.85. The number of phenols is 8. The lowest BCUT2D eigenvalue weighted by Gasteiger charge is -2.37. The molecule has 1 aliphatic carbocycles. The predicted octanol–water partition coefficient (Wildman–Crippen LogP) is 8.84. The molecule has 0 saturated carbocycles. The van der Waals surface area contributed by atoms with Crippen molar-refractivity contribution >= 4 is 16.8 Å². The number of carbonyl (C=O) groups is 1. The normalized spacial score (nSPS) is 16.7. The number of phenolic OH excluding ortho intramolecular Hbond substituents is 8. The van der Waals surface area contributed by atoms with E-state index in [1.54, 1.807) is 25.2 Å². The number of allylic oxidation sites excluding steroid dienone is 6. The Morgan fingerprint density at radius 3 is 1.98 bits per heavy atom. The van der Waals surface area contributed by atoms with Gasteiger partial charge >= 0.3 is 0 Å². The minimum atomic E-state index is -1.24. The molecule has 5 aromatic rings. The van der Waals surface area contributed by atoms with Crippen LogP contribution in [0.4, 0.5) is 0 Å². The van der Waals surface area contributed by atoms with E-state index < -0.39 is 52.0 Å². The number of hydrogen-bond acceptors (Lipinski definition) is 11. The van der Waals surface area contributed by atoms with Gasteiger partial charge in [0.2, 0.25) is 5.43 Å². The van der Waals surface area contributed by atoms with Crippen LogP contribution in [-0.4, -0.2) is 46.6 Å². The van der Waals surface area contributed by atoms with Gasteiger partial charge in [0.05, 0.1) is 11.1 Å². The van der Waals surface area contributed by atoms with Gasteiger partial charge in [-0.2, -0.15) is 0 Å². The van der Waals surface area contributed by atoms with Crippen molar-refractivity contribution in [3.8, 4) is 57.3 Å². The predicted molar refractivity (Wildman–Crippen MR) is 212 cm³/mol. The van der Waals surface area contributed by atoms with Crippen molar-refractivity contribution in [2.75, 3.05) is 0 Å². The number of carbonyl (C=O) groups excluding carboxylic acids is 1. The molecule has 11 nitrogen and oxygen atoms in total. The summed E-state index contributed by atoms with van der Waals surface area (Å²) in [4.78, 5) is 29.6. The summed E-state index contributed by atoms with van der Waals surface area (Å²) in [7, 11) is 0. The standard InChI is InChI=1S/C45H44O11/c1-21(2)6-10-27-33(48)15-14-29(41(27)53)42(54)38-31(26-12-8-24(46)18-34(26)49)16-23(5)17-32(38)39-36(51)20-37(52)40-43(55)30(11-7-22(3)4)44(56-45(39)40)28-13-9-25(47)19-35(28)50/h6-9,12-15,17-20,31-32,38,46-53H,10-11,16H2,1-5H3/t31-,32+,38-/m0/s1. The van der Waals surface area contributed by atoms with Crippen molar-refractivity contribution < 1.29 is 50.1 Å². The molecular weight excluding hydrogens is 716 g/mol. The summed E-state index contributed by atoms with van der Waals surface area (Å²) in [6.45, 7) is 9.17. The lowest BCUT2D eigenvalue weighted by Crippen LogP contribution is -2.32. The van der Waals surface area contributed by atoms with Crippen LogP contribution in [-0.2, 0) is 12.8 Å². The minimum absolute atomic E-state index is 0.0346. The highest BCUT2D eigenvalue weighted by Gasteiger charge is 2.44. The summed E-state index contributed by atoms with van der Waals surface area (Å²) < 4.78 is 6.52. The third kappa shape index (κ3) is 7.27. The van der Waals surface area contributed by atoms with Crippen molar-refractivity contribution in [3.63, 3.8) is 0 Å². The number of ketones is 1. The maximum atomic E-state index is 15.1. The van der Waals surface area contributed by atoms with Gasteiger partial charge in [0.15, 0.2) is 5.78 Å². The maximum Gasteiger partial charge on any atom is 0.200 e. The average Bonchev–Trinajstić information content (AvgIpc) is 3.10. The second-order valence-electron chi connectivity index (χ2n) is 14.9. The first-order valence-corrected chi connectivity index (χ1v) is 18.1. The topological polar surface area (TPSA) is 209 Å². The Balaban J connectivity index is 1.69. The van der Waals surface area contributed by atoms with E-state index in [9.17, 15) is 45.6 Å². The number of hydrogen-bond donors (Lipinski definition) is 8. The molecule has 11 heteroatoms. The van der Waals surface area contributed by atoms with Crippen LogP contribution in [0.15, 0.2) is 98.8 Å². The number of fused-ring (bicyclic) bond motifs is 1. The molecule has 6 rings (SSSR count). The molecule has 0 spiro atoms. The molecule has 56 heavy (non-hydrogen) atoms. The number of rotatable bonds is 9. The van der Waals surface area contributed by atoms with Crippen molar-refractivity contribution in [3.05, 3.63) is 128 Å². The van der Waals surface area contributed by atoms with Gasteiger partial charge in [-0.15, -0.1) is 0 Å². The summed E-state index contributed by atoms with van der Waals surface area (Å²) in [6, 6.07) is 11.4. The fourth-order valence-corrected chi connectivity index (χ4v) is 7.60. The third-order valence-corrected chi connectivity index (χ3v) is 10.3. The molecule has 3 atom stereocenters. The molecule has 0 aliphatic heterocycles. The zero-order chi connectivity index (χ0) is 40.7. The van der Waals surface area contributed by atoms with E-state index in [4.69, 9.17) is 4.42 Å². The Kier molecular flexibility index (Phi) is 10.6. The smallest absolute Gasteiger partial charge is 0.200 e. The molecule has 0 fully saturated rings. The van der Waals surface area contributed by atoms with Gasteiger partial charge < -0.3 is 45.3 Å². The van der Waals surface area contributed by atoms with Crippen molar-refractivity contribution in [2.24, 2.45) is 5.92 Å². The van der Waals surface area contributed by atoms with E-state index in [0.717, 1.165) is 34.9 Å². The van der Waals surface area contributed by atoms with E-state index >= 15 is 4.79 Å². The van der Waals surface area contributed by atoms with Gasteiger partial charge in [-0.1, -0.05) is 41.0 Å². The first kappa shape index (κ1) is 39.1. The van der Waals surface area contributed by atoms with Gasteiger partial charge in [0.1, 0.15) is 62.7 Å². The van der Waals surface area contributed by atoms with E-state index in [-0.39, 0.29) is 92.4 Å². The molecule has 1 heterocycles. The first-order chi connectivity index (χ1) is 26.5. The van der Waals surface area contributed by atoms with Gasteiger partial charge in [0, 0.05) is 52.6 Å². The molecule has 0 unspecified atom stereocenters. The summed E-state index contributed by atoms with van der Waals surface area (Å²) in [5.74, 6) is -6.93. The molecule has 8 N–H and O–H groups in total. The Morgan fingerprint density at radius 2 is 1.36 bits per heavy atom. The number of benzene rings is 4. The fraction of sp³-hybridized carbons (Fsp3) is 0.244. The number of aromatic hydroxyl groups is 8. The Morgan fingerprint density at radius 1 is 0.732 bits per heavy atom. The molecule has 0 saturated heterocycles. The highest BCUT2D eigenvalue weighted by Crippen LogP contribution is 2.53. The maximum absolute atomic E-state index is 15.1. The van der Waals surface area contributed by atoms with Gasteiger partial charge in [-0.05, 0) is 89.8 Å². The second-order valence-corrected chi connectivity index (χ2v) is 14.9. The Labute approximate surface area is 322 Å². The Hall–Kier alpha value is -6.62. The van der Waals surface area contributed by atoms with Crippen LogP contribution in [0.1, 0.15) is 85.5 Å². The van der Waals surface area contributed by atoms with E-state index in [2.05, 4.69) is 0 Å². The summed E-state index contributed by atoms with van der Waals surface area (Å²) in [6.07, 6.45) is 5.64. The zero-order valence-corrected chi connectivity index (χ0v) is 31.6. The van der Waals surface area contributed by atoms with Crippen molar-refractivity contribution in [2.45, 2.75) is 65.7 Å². The largest absolute Gasteiger partial charge is 0.508 e. The molecule has 1 aliphatic rings. The van der Waals surface area contributed by atoms with Crippen LogP contribution >= 0.6 is 0 Å². The van der Waals surface area contributed by atoms with E-state index in [0.29, 0.717) is 0 Å². The molecule has 0 bridgehead atoms. The van der Waals surface area contributed by atoms with Gasteiger partial charge in [-0.25, -0.2) is 0 Å². The SMILES string of the molecule is CC(C)=CCc1c(O)ccc(C(=O)[C@@H]2[C@H](c3c(O)cc(O)c4c(=O)c(CC=C(C)C)c(-c5ccc(O)cc5O)oc34)C=C(C)C[C@H]2c2ccc(O)cc2O)c1O. The molecule has 0 radical (unpaired) electrons. The van der Waals surface area contributed by atoms with Crippen LogP contribution in [0.5, 0.6) is 46.0 Å². The fourth-order valence-electron chi connectivity index (χ4n) is 7.60. The van der Waals surface area contributed by atoms with Crippen LogP contribution < -0.4 is 5.43 Å². The van der Waals surface area contributed by atoms with E-state index in [1.807, 2.05) is 27.7 Å². The van der Waals surface area contributed by atoms with Crippen molar-refractivity contribution in [1.82, 2.24) is 0 Å². The summed E-state index contributed by atoms with van der Waals surface area (Å²) in [5, 5.41) is 87.4. The molecule has 4 aromatic carbocycles. The molecule has 1 aromatic heterocycles. The third-order valence-electron chi connectivity index (χ3n) is 10.3. The second kappa shape index (κ2) is 15.3. The van der Waals surface area contributed by atoms with Crippen molar-refractivity contribution in [1.29, 1.82) is 0 Å². The zero-order valence-electron chi connectivity index (χ0n) is 31.6. The molecule has 0 amide bonds.